The summed E-state index contributed by atoms with van der Waals surface area (Å²) in [6.07, 6.45) is -0.587. The number of nitrogens with two attached hydrogens (primary N) is 1. The summed E-state index contributed by atoms with van der Waals surface area (Å²) in [7, 11) is -4.00. The number of carboxylic acid groups (broad SMARTS) is 2. The van der Waals surface area contributed by atoms with Crippen molar-refractivity contribution in [3.05, 3.63) is 70.5 Å². The number of aliphatic carboxylic acids is 2. The van der Waals surface area contributed by atoms with Crippen molar-refractivity contribution in [1.29, 1.82) is 0 Å². The van der Waals surface area contributed by atoms with Gasteiger partial charge in [0.2, 0.25) is 5.95 Å². The molecule has 2 heterocycles. The predicted molar refractivity (Wildman–Crippen MR) is 152 cm³/mol. The number of nitrogens with one attached hydrogen (secondary N) is 5. The average Bonchev–Trinajstić information content (AvgIpc) is 2.94. The number of rotatable bonds is 10. The molecule has 0 saturated heterocycles. The van der Waals surface area contributed by atoms with E-state index < -0.39 is 34.0 Å². The number of benzene rings is 2. The summed E-state index contributed by atoms with van der Waals surface area (Å²) in [5.41, 5.74) is 6.40. The number of carboxylic acids is 2. The first-order chi connectivity index (χ1) is 19.8. The molecule has 1 aliphatic heterocycles. The number of H-pyrrole nitrogens is 1. The van der Waals surface area contributed by atoms with Crippen molar-refractivity contribution in [2.24, 2.45) is 0 Å². The van der Waals surface area contributed by atoms with Crippen LogP contribution in [0.25, 0.3) is 0 Å². The largest absolute Gasteiger partial charge is 0.481 e. The van der Waals surface area contributed by atoms with Crippen LogP contribution in [0.2, 0.25) is 0 Å². The molecule has 0 unspecified atom stereocenters. The molecule has 0 fully saturated rings. The zero-order valence-electron chi connectivity index (χ0n) is 21.9. The minimum atomic E-state index is -4.00. The third-order valence-electron chi connectivity index (χ3n) is 5.79. The van der Waals surface area contributed by atoms with Crippen molar-refractivity contribution in [2.45, 2.75) is 29.8 Å². The lowest BCUT2D eigenvalue weighted by Crippen LogP contribution is -2.41. The lowest BCUT2D eigenvalue weighted by Gasteiger charge is -2.27. The predicted octanol–water partition coefficient (Wildman–Crippen LogP) is 0.651. The summed E-state index contributed by atoms with van der Waals surface area (Å²) in [5, 5.41) is 29.5. The lowest BCUT2D eigenvalue weighted by molar-refractivity contribution is -0.140. The fraction of sp³-hybridized carbons (Fsp3) is 0.240. The van der Waals surface area contributed by atoms with Gasteiger partial charge in [0.1, 0.15) is 11.7 Å². The normalized spacial score (nSPS) is 14.5. The van der Waals surface area contributed by atoms with Gasteiger partial charge in [-0.15, -0.1) is 0 Å². The first-order valence-corrected chi connectivity index (χ1v) is 13.8. The molecule has 16 nitrogen and oxygen atoms in total. The highest BCUT2D eigenvalue weighted by atomic mass is 32.2. The van der Waals surface area contributed by atoms with E-state index in [0.717, 1.165) is 0 Å². The first-order valence-electron chi connectivity index (χ1n) is 12.4. The second-order valence-corrected chi connectivity index (χ2v) is 10.4. The van der Waals surface area contributed by atoms with Crippen LogP contribution in [0.3, 0.4) is 0 Å². The number of fused-ring (bicyclic) bond motifs is 1. The number of nitrogen functional groups attached to an aromatic ring is 1. The molecule has 0 saturated carbocycles. The fourth-order valence-corrected chi connectivity index (χ4v) is 4.19. The Labute approximate surface area is 239 Å². The molecule has 224 valence electrons. The summed E-state index contributed by atoms with van der Waals surface area (Å²) in [4.78, 5) is 52.5. The number of nitrogens with zero attached hydrogens (tertiary/aromatic N) is 1. The SMILES string of the molecule is Nc1nc2c(c(=O)[nH]1)N[C@H](CNc1ccc(C(=O)N[C@@H](CCC(=O)O)C(=O)O)cc1)CN2.O=S(=O)(O)c1ccccc1. The van der Waals surface area contributed by atoms with Gasteiger partial charge in [-0.2, -0.15) is 13.4 Å². The molecule has 17 heteroatoms. The molecule has 1 amide bonds. The van der Waals surface area contributed by atoms with Crippen LogP contribution in [0.5, 0.6) is 0 Å². The van der Waals surface area contributed by atoms with Crippen LogP contribution in [0.4, 0.5) is 23.1 Å². The zero-order chi connectivity index (χ0) is 30.9. The van der Waals surface area contributed by atoms with Crippen LogP contribution in [0, 0.1) is 0 Å². The van der Waals surface area contributed by atoms with Crippen LogP contribution >= 0.6 is 0 Å². The van der Waals surface area contributed by atoms with E-state index >= 15 is 0 Å². The van der Waals surface area contributed by atoms with Crippen LogP contribution < -0.4 is 32.6 Å². The lowest BCUT2D eigenvalue weighted by atomic mass is 10.1. The zero-order valence-corrected chi connectivity index (χ0v) is 22.7. The Morgan fingerprint density at radius 3 is 2.31 bits per heavy atom. The van der Waals surface area contributed by atoms with Crippen molar-refractivity contribution in [3.63, 3.8) is 0 Å². The van der Waals surface area contributed by atoms with E-state index in [1.54, 1.807) is 30.3 Å². The van der Waals surface area contributed by atoms with Crippen molar-refractivity contribution < 1.29 is 37.6 Å². The fourth-order valence-electron chi connectivity index (χ4n) is 3.69. The van der Waals surface area contributed by atoms with Gasteiger partial charge in [-0.3, -0.25) is 23.9 Å². The van der Waals surface area contributed by atoms with Crippen molar-refractivity contribution in [2.75, 3.05) is 34.8 Å². The highest BCUT2D eigenvalue weighted by Gasteiger charge is 2.23. The standard InChI is InChI=1S/C19H23N7O6.C6H6O3S/c20-19-25-15-14(17(30)26-19)23-11(8-22-15)7-21-10-3-1-9(2-4-10)16(29)24-12(18(31)32)5-6-13(27)28;7-10(8,9)6-4-2-1-3-5-6/h1-4,11-12,21,23H,5-8H2,(H,24,29)(H,27,28)(H,31,32)(H4,20,22,25,26,30);1-5H,(H,7,8,9)/t11-,12+;/m1./s1. The van der Waals surface area contributed by atoms with Crippen molar-refractivity contribution in [3.8, 4) is 0 Å². The summed E-state index contributed by atoms with van der Waals surface area (Å²) < 4.78 is 29.2. The molecular formula is C25H29N7O9S. The number of aromatic amines is 1. The van der Waals surface area contributed by atoms with E-state index in [2.05, 4.69) is 31.2 Å². The molecule has 2 aromatic carbocycles. The van der Waals surface area contributed by atoms with Gasteiger partial charge < -0.3 is 37.2 Å². The Morgan fingerprint density at radius 2 is 1.74 bits per heavy atom. The quantitative estimate of drug-likeness (QED) is 0.144. The van der Waals surface area contributed by atoms with Crippen molar-refractivity contribution >= 4 is 51.1 Å². The Hall–Kier alpha value is -5.16. The molecule has 4 rings (SSSR count). The Kier molecular flexibility index (Phi) is 10.4. The van der Waals surface area contributed by atoms with E-state index in [0.29, 0.717) is 30.3 Å². The summed E-state index contributed by atoms with van der Waals surface area (Å²) in [5.74, 6) is -2.64. The van der Waals surface area contributed by atoms with Gasteiger partial charge in [0.15, 0.2) is 5.82 Å². The topological polar surface area (TPSA) is 266 Å². The van der Waals surface area contributed by atoms with Crippen LogP contribution in [-0.2, 0) is 19.7 Å². The summed E-state index contributed by atoms with van der Waals surface area (Å²) in [6.45, 7) is 0.960. The van der Waals surface area contributed by atoms with Crippen LogP contribution in [0.15, 0.2) is 64.3 Å². The Bertz CT molecular complexity index is 1580. The first kappa shape index (κ1) is 31.4. The second-order valence-electron chi connectivity index (χ2n) is 8.94. The molecular weight excluding hydrogens is 574 g/mol. The smallest absolute Gasteiger partial charge is 0.326 e. The van der Waals surface area contributed by atoms with Crippen molar-refractivity contribution in [1.82, 2.24) is 15.3 Å². The molecule has 1 aromatic heterocycles. The monoisotopic (exact) mass is 603 g/mol. The number of carbonyl (C=O) groups is 3. The van der Waals surface area contributed by atoms with Gasteiger partial charge >= 0.3 is 11.9 Å². The van der Waals surface area contributed by atoms with E-state index in [-0.39, 0.29) is 40.9 Å². The minimum absolute atomic E-state index is 0.0281. The van der Waals surface area contributed by atoms with E-state index in [1.165, 1.54) is 24.3 Å². The van der Waals surface area contributed by atoms with Crippen LogP contribution in [-0.4, -0.2) is 76.2 Å². The van der Waals surface area contributed by atoms with Gasteiger partial charge in [-0.25, -0.2) is 4.79 Å². The molecule has 0 bridgehead atoms. The number of anilines is 4. The van der Waals surface area contributed by atoms with Gasteiger partial charge in [-0.05, 0) is 42.8 Å². The van der Waals surface area contributed by atoms with E-state index in [4.69, 9.17) is 20.5 Å². The molecule has 0 spiro atoms. The average molecular weight is 604 g/mol. The number of carbonyl (C=O) groups excluding carboxylic acids is 1. The Morgan fingerprint density at radius 1 is 1.07 bits per heavy atom. The maximum atomic E-state index is 12.3. The molecule has 0 aliphatic carbocycles. The van der Waals surface area contributed by atoms with Crippen LogP contribution in [0.1, 0.15) is 23.2 Å². The highest BCUT2D eigenvalue weighted by Crippen LogP contribution is 2.20. The van der Waals surface area contributed by atoms with Gasteiger partial charge in [-0.1, -0.05) is 18.2 Å². The second kappa shape index (κ2) is 14.0. The third-order valence-corrected chi connectivity index (χ3v) is 6.66. The Balaban J connectivity index is 0.000000408. The maximum Gasteiger partial charge on any atom is 0.326 e. The van der Waals surface area contributed by atoms with E-state index in [1.807, 2.05) is 0 Å². The summed E-state index contributed by atoms with van der Waals surface area (Å²) in [6, 6.07) is 12.4. The van der Waals surface area contributed by atoms with E-state index in [9.17, 15) is 27.6 Å². The summed E-state index contributed by atoms with van der Waals surface area (Å²) >= 11 is 0. The maximum absolute atomic E-state index is 12.3. The van der Waals surface area contributed by atoms with Gasteiger partial charge in [0.05, 0.1) is 10.9 Å². The third kappa shape index (κ3) is 9.20. The molecule has 42 heavy (non-hydrogen) atoms. The number of hydrogen-bond acceptors (Lipinski definition) is 11. The minimum Gasteiger partial charge on any atom is -0.481 e. The molecule has 0 radical (unpaired) electrons. The molecule has 10 N–H and O–H groups in total. The molecule has 2 atom stereocenters. The number of amides is 1. The highest BCUT2D eigenvalue weighted by molar-refractivity contribution is 7.85. The number of hydrogen-bond donors (Lipinski definition) is 9. The van der Waals surface area contributed by atoms with Gasteiger partial charge in [0, 0.05) is 30.8 Å². The molecule has 3 aromatic rings. The number of aromatic nitrogens is 2. The molecule has 1 aliphatic rings. The van der Waals surface area contributed by atoms with Gasteiger partial charge in [0.25, 0.3) is 21.6 Å².